The summed E-state index contributed by atoms with van der Waals surface area (Å²) in [5, 5.41) is 8.37. The highest BCUT2D eigenvalue weighted by Gasteiger charge is 2.61. The molecule has 1 heterocycles. The summed E-state index contributed by atoms with van der Waals surface area (Å²) >= 11 is 0. The highest BCUT2D eigenvalue weighted by molar-refractivity contribution is 5.53. The van der Waals surface area contributed by atoms with Gasteiger partial charge in [0.1, 0.15) is 0 Å². The van der Waals surface area contributed by atoms with Crippen LogP contribution in [0.1, 0.15) is 51.4 Å². The van der Waals surface area contributed by atoms with Crippen LogP contribution in [0.3, 0.4) is 0 Å². The third kappa shape index (κ3) is 1.53. The van der Waals surface area contributed by atoms with Gasteiger partial charge in [-0.1, -0.05) is 20.8 Å². The first-order chi connectivity index (χ1) is 8.77. The summed E-state index contributed by atoms with van der Waals surface area (Å²) in [6, 6.07) is 0.600. The van der Waals surface area contributed by atoms with Gasteiger partial charge in [0.15, 0.2) is 0 Å². The molecule has 1 N–H and O–H groups in total. The molecular formula is C16H27N3. The van der Waals surface area contributed by atoms with Gasteiger partial charge >= 0.3 is 0 Å². The number of nitrogens with zero attached hydrogens (tertiary/aromatic N) is 2. The minimum absolute atomic E-state index is 0.423. The molecule has 0 amide bonds. The molecule has 2 aliphatic carbocycles. The summed E-state index contributed by atoms with van der Waals surface area (Å²) in [7, 11) is 2.03. The van der Waals surface area contributed by atoms with E-state index in [-0.39, 0.29) is 0 Å². The van der Waals surface area contributed by atoms with Crippen LogP contribution in [0.15, 0.2) is 0 Å². The van der Waals surface area contributed by atoms with Crippen molar-refractivity contribution >= 4 is 5.69 Å². The Balaban J connectivity index is 1.90. The van der Waals surface area contributed by atoms with E-state index in [1.165, 1.54) is 30.6 Å². The second kappa shape index (κ2) is 3.77. The van der Waals surface area contributed by atoms with Crippen molar-refractivity contribution in [3.05, 3.63) is 11.4 Å². The average Bonchev–Trinajstić information content (AvgIpc) is 2.77. The lowest BCUT2D eigenvalue weighted by Crippen LogP contribution is -2.40. The number of hydrogen-bond donors (Lipinski definition) is 1. The van der Waals surface area contributed by atoms with Gasteiger partial charge in [-0.3, -0.25) is 4.68 Å². The Labute approximate surface area is 116 Å². The largest absolute Gasteiger partial charge is 0.379 e. The average molecular weight is 261 g/mol. The summed E-state index contributed by atoms with van der Waals surface area (Å²) in [5.74, 6) is 0.882. The summed E-state index contributed by atoms with van der Waals surface area (Å²) in [5.41, 5.74) is 4.53. The van der Waals surface area contributed by atoms with Gasteiger partial charge in [0.2, 0.25) is 0 Å². The molecule has 1 aromatic rings. The molecule has 2 bridgehead atoms. The molecule has 19 heavy (non-hydrogen) atoms. The highest BCUT2D eigenvalue weighted by Crippen LogP contribution is 2.65. The van der Waals surface area contributed by atoms with E-state index in [9.17, 15) is 0 Å². The molecule has 106 valence electrons. The number of nitrogens with one attached hydrogen (secondary N) is 1. The maximum absolute atomic E-state index is 4.53. The monoisotopic (exact) mass is 261 g/mol. The molecule has 2 fully saturated rings. The van der Waals surface area contributed by atoms with Crippen LogP contribution in [0.5, 0.6) is 0 Å². The quantitative estimate of drug-likeness (QED) is 0.880. The Bertz CT molecular complexity index is 514. The number of aromatic nitrogens is 2. The van der Waals surface area contributed by atoms with E-state index in [2.05, 4.69) is 45.0 Å². The Morgan fingerprint density at radius 2 is 1.95 bits per heavy atom. The minimum atomic E-state index is 0.423. The molecule has 3 rings (SSSR count). The number of rotatable bonds is 2. The molecule has 2 aliphatic rings. The van der Waals surface area contributed by atoms with Gasteiger partial charge < -0.3 is 5.32 Å². The third-order valence-electron chi connectivity index (χ3n) is 6.62. The maximum Gasteiger partial charge on any atom is 0.0827 e. The van der Waals surface area contributed by atoms with Crippen molar-refractivity contribution in [1.29, 1.82) is 0 Å². The topological polar surface area (TPSA) is 29.9 Å². The third-order valence-corrected chi connectivity index (χ3v) is 6.62. The number of hydrogen-bond acceptors (Lipinski definition) is 2. The van der Waals surface area contributed by atoms with Crippen molar-refractivity contribution in [3.63, 3.8) is 0 Å². The Hall–Kier alpha value is -0.990. The zero-order valence-electron chi connectivity index (χ0n) is 13.2. The van der Waals surface area contributed by atoms with Crippen LogP contribution in [0, 0.1) is 30.6 Å². The van der Waals surface area contributed by atoms with Gasteiger partial charge in [0.25, 0.3) is 0 Å². The standard InChI is InChI=1S/C16H27N3/c1-10-14(11(2)19(6)18-10)17-13-9-12-7-8-16(13,5)15(12,3)4/h12-13,17H,7-9H2,1-6H3. The van der Waals surface area contributed by atoms with E-state index in [4.69, 9.17) is 0 Å². The number of aryl methyl sites for hydroxylation is 2. The SMILES string of the molecule is Cc1nn(C)c(C)c1NC1CC2CCC1(C)C2(C)C. The fraction of sp³-hybridized carbons (Fsp3) is 0.812. The van der Waals surface area contributed by atoms with E-state index in [0.717, 1.165) is 11.6 Å². The summed E-state index contributed by atoms with van der Waals surface area (Å²) in [4.78, 5) is 0. The zero-order valence-corrected chi connectivity index (χ0v) is 13.2. The summed E-state index contributed by atoms with van der Waals surface area (Å²) in [6.45, 7) is 11.7. The molecule has 3 nitrogen and oxygen atoms in total. The van der Waals surface area contributed by atoms with Gasteiger partial charge in [-0.15, -0.1) is 0 Å². The van der Waals surface area contributed by atoms with E-state index in [0.29, 0.717) is 16.9 Å². The second-order valence-corrected chi connectivity index (χ2v) is 7.48. The van der Waals surface area contributed by atoms with Crippen LogP contribution in [0.25, 0.3) is 0 Å². The number of fused-ring (bicyclic) bond motifs is 2. The molecule has 3 unspecified atom stereocenters. The summed E-state index contributed by atoms with van der Waals surface area (Å²) < 4.78 is 1.98. The molecule has 2 saturated carbocycles. The van der Waals surface area contributed by atoms with E-state index >= 15 is 0 Å². The first kappa shape index (κ1) is 13.0. The van der Waals surface area contributed by atoms with Crippen LogP contribution < -0.4 is 5.32 Å². The second-order valence-electron chi connectivity index (χ2n) is 7.48. The van der Waals surface area contributed by atoms with Crippen molar-refractivity contribution in [3.8, 4) is 0 Å². The molecule has 3 atom stereocenters. The predicted octanol–water partition coefficient (Wildman–Crippen LogP) is 3.66. The molecule has 0 saturated heterocycles. The molecule has 0 aromatic carbocycles. The molecule has 1 aromatic heterocycles. The molecular weight excluding hydrogens is 234 g/mol. The van der Waals surface area contributed by atoms with Crippen LogP contribution in [-0.2, 0) is 7.05 Å². The van der Waals surface area contributed by atoms with Crippen molar-refractivity contribution in [1.82, 2.24) is 9.78 Å². The fourth-order valence-corrected chi connectivity index (χ4v) is 4.58. The van der Waals surface area contributed by atoms with Crippen LogP contribution in [0.2, 0.25) is 0 Å². The van der Waals surface area contributed by atoms with Gasteiger partial charge in [0.05, 0.1) is 17.1 Å². The zero-order chi connectivity index (χ0) is 14.0. The molecule has 0 spiro atoms. The fourth-order valence-electron chi connectivity index (χ4n) is 4.58. The lowest BCUT2D eigenvalue weighted by atomic mass is 9.69. The van der Waals surface area contributed by atoms with Crippen molar-refractivity contribution in [2.24, 2.45) is 23.8 Å². The summed E-state index contributed by atoms with van der Waals surface area (Å²) in [6.07, 6.45) is 4.09. The smallest absolute Gasteiger partial charge is 0.0827 e. The van der Waals surface area contributed by atoms with Gasteiger partial charge in [-0.2, -0.15) is 5.10 Å². The van der Waals surface area contributed by atoms with Gasteiger partial charge in [-0.05, 0) is 49.9 Å². The first-order valence-electron chi connectivity index (χ1n) is 7.54. The van der Waals surface area contributed by atoms with Crippen molar-refractivity contribution in [2.45, 2.75) is 59.9 Å². The first-order valence-corrected chi connectivity index (χ1v) is 7.54. The number of anilines is 1. The molecule has 0 aliphatic heterocycles. The van der Waals surface area contributed by atoms with Crippen molar-refractivity contribution in [2.75, 3.05) is 5.32 Å². The lowest BCUT2D eigenvalue weighted by Gasteiger charge is -2.40. The Kier molecular flexibility index (Phi) is 2.58. The highest BCUT2D eigenvalue weighted by atomic mass is 15.3. The molecule has 3 heteroatoms. The Morgan fingerprint density at radius 3 is 2.37 bits per heavy atom. The van der Waals surface area contributed by atoms with Crippen LogP contribution in [0.4, 0.5) is 5.69 Å². The molecule has 0 radical (unpaired) electrons. The Morgan fingerprint density at radius 1 is 1.26 bits per heavy atom. The van der Waals surface area contributed by atoms with E-state index < -0.39 is 0 Å². The minimum Gasteiger partial charge on any atom is -0.379 e. The van der Waals surface area contributed by atoms with Gasteiger partial charge in [-0.25, -0.2) is 0 Å². The van der Waals surface area contributed by atoms with Crippen LogP contribution in [-0.4, -0.2) is 15.8 Å². The van der Waals surface area contributed by atoms with E-state index in [1.807, 2.05) is 11.7 Å². The van der Waals surface area contributed by atoms with Crippen LogP contribution >= 0.6 is 0 Å². The van der Waals surface area contributed by atoms with Gasteiger partial charge in [0, 0.05) is 13.1 Å². The maximum atomic E-state index is 4.53. The predicted molar refractivity (Wildman–Crippen MR) is 79.3 cm³/mol. The van der Waals surface area contributed by atoms with Crippen molar-refractivity contribution < 1.29 is 0 Å². The lowest BCUT2D eigenvalue weighted by molar-refractivity contribution is 0.142. The van der Waals surface area contributed by atoms with E-state index in [1.54, 1.807) is 0 Å². The normalized spacial score (nSPS) is 35.9.